The molecule has 6 nitrogen and oxygen atoms in total. The van der Waals surface area contributed by atoms with Crippen LogP contribution in [0, 0.1) is 6.92 Å². The average molecular weight is 293 g/mol. The Balaban J connectivity index is 2.18. The third-order valence-corrected chi connectivity index (χ3v) is 3.39. The lowest BCUT2D eigenvalue weighted by Gasteiger charge is -2.09. The van der Waals surface area contributed by atoms with E-state index in [1.165, 1.54) is 0 Å². The minimum Gasteiger partial charge on any atom is -0.497 e. The second kappa shape index (κ2) is 6.25. The molecule has 3 N–H and O–H groups in total. The SMILES string of the molecule is COc1cc(OCc2csc(C)n2)cc(/C(N)=N/O)c1. The summed E-state index contributed by atoms with van der Waals surface area (Å²) in [6, 6.07) is 5.07. The number of benzene rings is 1. The lowest BCUT2D eigenvalue weighted by atomic mass is 10.2. The predicted molar refractivity (Wildman–Crippen MR) is 76.7 cm³/mol. The molecule has 0 bridgehead atoms. The van der Waals surface area contributed by atoms with Gasteiger partial charge in [-0.1, -0.05) is 5.16 Å². The quantitative estimate of drug-likeness (QED) is 0.381. The van der Waals surface area contributed by atoms with Crippen LogP contribution in [0.3, 0.4) is 0 Å². The molecule has 1 heterocycles. The number of hydrogen-bond acceptors (Lipinski definition) is 6. The smallest absolute Gasteiger partial charge is 0.170 e. The molecule has 0 saturated heterocycles. The molecule has 2 rings (SSSR count). The van der Waals surface area contributed by atoms with E-state index in [1.807, 2.05) is 12.3 Å². The van der Waals surface area contributed by atoms with Gasteiger partial charge in [-0.15, -0.1) is 11.3 Å². The minimum atomic E-state index is -0.00162. The number of hydrogen-bond donors (Lipinski definition) is 2. The number of rotatable bonds is 5. The molecule has 0 radical (unpaired) electrons. The van der Waals surface area contributed by atoms with Gasteiger partial charge in [-0.2, -0.15) is 0 Å². The third kappa shape index (κ3) is 3.39. The van der Waals surface area contributed by atoms with E-state index in [0.29, 0.717) is 23.7 Å². The van der Waals surface area contributed by atoms with Crippen LogP contribution < -0.4 is 15.2 Å². The number of aryl methyl sites for hydroxylation is 1. The molecule has 7 heteroatoms. The number of amidine groups is 1. The molecule has 0 atom stereocenters. The van der Waals surface area contributed by atoms with Gasteiger partial charge < -0.3 is 20.4 Å². The van der Waals surface area contributed by atoms with Crippen molar-refractivity contribution in [3.05, 3.63) is 39.8 Å². The first-order valence-electron chi connectivity index (χ1n) is 5.83. The van der Waals surface area contributed by atoms with Crippen molar-refractivity contribution in [1.82, 2.24) is 4.98 Å². The summed E-state index contributed by atoms with van der Waals surface area (Å²) < 4.78 is 10.8. The summed E-state index contributed by atoms with van der Waals surface area (Å²) in [5.41, 5.74) is 6.96. The Hall–Kier alpha value is -2.28. The Morgan fingerprint density at radius 1 is 1.40 bits per heavy atom. The highest BCUT2D eigenvalue weighted by atomic mass is 32.1. The van der Waals surface area contributed by atoms with Crippen LogP contribution in [0.1, 0.15) is 16.3 Å². The van der Waals surface area contributed by atoms with Crippen LogP contribution in [0.15, 0.2) is 28.7 Å². The van der Waals surface area contributed by atoms with Gasteiger partial charge in [0.15, 0.2) is 5.84 Å². The van der Waals surface area contributed by atoms with E-state index in [2.05, 4.69) is 10.1 Å². The van der Waals surface area contributed by atoms with Crippen LogP contribution in [0.5, 0.6) is 11.5 Å². The maximum Gasteiger partial charge on any atom is 0.170 e. The Bertz CT molecular complexity index is 625. The monoisotopic (exact) mass is 293 g/mol. The molecule has 0 saturated carbocycles. The summed E-state index contributed by atoms with van der Waals surface area (Å²) in [4.78, 5) is 4.32. The molecule has 0 aliphatic heterocycles. The van der Waals surface area contributed by atoms with Crippen molar-refractivity contribution in [2.45, 2.75) is 13.5 Å². The number of aromatic nitrogens is 1. The first-order valence-corrected chi connectivity index (χ1v) is 6.71. The fourth-order valence-corrected chi connectivity index (χ4v) is 2.21. The van der Waals surface area contributed by atoms with Crippen molar-refractivity contribution in [2.75, 3.05) is 7.11 Å². The molecule has 20 heavy (non-hydrogen) atoms. The summed E-state index contributed by atoms with van der Waals surface area (Å²) in [6.45, 7) is 2.29. The number of methoxy groups -OCH3 is 1. The Morgan fingerprint density at radius 3 is 2.75 bits per heavy atom. The molecule has 1 aromatic heterocycles. The molecule has 2 aromatic rings. The topological polar surface area (TPSA) is 90.0 Å². The van der Waals surface area contributed by atoms with Crippen LogP contribution in [-0.2, 0) is 6.61 Å². The fraction of sp³-hybridized carbons (Fsp3) is 0.231. The summed E-state index contributed by atoms with van der Waals surface area (Å²) in [7, 11) is 1.54. The van der Waals surface area contributed by atoms with Gasteiger partial charge in [-0.25, -0.2) is 4.98 Å². The predicted octanol–water partition coefficient (Wildman–Crippen LogP) is 2.13. The summed E-state index contributed by atoms with van der Waals surface area (Å²) >= 11 is 1.57. The maximum atomic E-state index is 8.73. The van der Waals surface area contributed by atoms with E-state index in [4.69, 9.17) is 20.4 Å². The zero-order valence-electron chi connectivity index (χ0n) is 11.2. The zero-order chi connectivity index (χ0) is 14.5. The lowest BCUT2D eigenvalue weighted by molar-refractivity contribution is 0.299. The van der Waals surface area contributed by atoms with Crippen molar-refractivity contribution in [3.63, 3.8) is 0 Å². The molecule has 1 aromatic carbocycles. The van der Waals surface area contributed by atoms with Crippen molar-refractivity contribution >= 4 is 17.2 Å². The number of nitrogens with two attached hydrogens (primary N) is 1. The fourth-order valence-electron chi connectivity index (χ4n) is 1.61. The molecule has 0 aliphatic rings. The normalized spacial score (nSPS) is 11.4. The molecule has 0 spiro atoms. The highest BCUT2D eigenvalue weighted by Crippen LogP contribution is 2.23. The largest absolute Gasteiger partial charge is 0.497 e. The molecule has 0 unspecified atom stereocenters. The van der Waals surface area contributed by atoms with Gasteiger partial charge in [-0.3, -0.25) is 0 Å². The minimum absolute atomic E-state index is 0.00162. The van der Waals surface area contributed by atoms with E-state index >= 15 is 0 Å². The number of nitrogens with zero attached hydrogens (tertiary/aromatic N) is 2. The highest BCUT2D eigenvalue weighted by molar-refractivity contribution is 7.09. The van der Waals surface area contributed by atoms with E-state index in [1.54, 1.807) is 36.6 Å². The average Bonchev–Trinajstić information content (AvgIpc) is 2.89. The zero-order valence-corrected chi connectivity index (χ0v) is 12.0. The van der Waals surface area contributed by atoms with Crippen molar-refractivity contribution in [1.29, 1.82) is 0 Å². The van der Waals surface area contributed by atoms with Crippen LogP contribution >= 0.6 is 11.3 Å². The van der Waals surface area contributed by atoms with Gasteiger partial charge >= 0.3 is 0 Å². The lowest BCUT2D eigenvalue weighted by Crippen LogP contribution is -2.13. The molecule has 106 valence electrons. The van der Waals surface area contributed by atoms with Gasteiger partial charge in [0.25, 0.3) is 0 Å². The van der Waals surface area contributed by atoms with E-state index in [-0.39, 0.29) is 5.84 Å². The Labute approximate surface area is 120 Å². The second-order valence-corrected chi connectivity index (χ2v) is 5.09. The highest BCUT2D eigenvalue weighted by Gasteiger charge is 2.07. The summed E-state index contributed by atoms with van der Waals surface area (Å²) in [5, 5.41) is 14.6. The molecule has 0 amide bonds. The number of thiazole rings is 1. The van der Waals surface area contributed by atoms with Crippen LogP contribution in [0.4, 0.5) is 0 Å². The van der Waals surface area contributed by atoms with Crippen molar-refractivity contribution < 1.29 is 14.7 Å². The summed E-state index contributed by atoms with van der Waals surface area (Å²) in [5.74, 6) is 1.13. The molecule has 0 aliphatic carbocycles. The van der Waals surface area contributed by atoms with Crippen LogP contribution in [0.25, 0.3) is 0 Å². The third-order valence-electron chi connectivity index (χ3n) is 2.57. The molecular formula is C13H15N3O3S. The van der Waals surface area contributed by atoms with Crippen molar-refractivity contribution in [3.8, 4) is 11.5 Å². The Kier molecular flexibility index (Phi) is 4.41. The van der Waals surface area contributed by atoms with Gasteiger partial charge in [0, 0.05) is 17.0 Å². The first-order chi connectivity index (χ1) is 9.62. The summed E-state index contributed by atoms with van der Waals surface area (Å²) in [6.07, 6.45) is 0. The standard InChI is InChI=1S/C13H15N3O3S/c1-8-15-10(7-20-8)6-19-12-4-9(13(14)16-17)3-11(5-12)18-2/h3-5,7,17H,6H2,1-2H3,(H2,14,16). The van der Waals surface area contributed by atoms with Gasteiger partial charge in [0.1, 0.15) is 18.1 Å². The van der Waals surface area contributed by atoms with Crippen LogP contribution in [0.2, 0.25) is 0 Å². The second-order valence-electron chi connectivity index (χ2n) is 4.03. The first kappa shape index (κ1) is 14.1. The number of ether oxygens (including phenoxy) is 2. The molecular weight excluding hydrogens is 278 g/mol. The molecule has 0 fully saturated rings. The maximum absolute atomic E-state index is 8.73. The van der Waals surface area contributed by atoms with Crippen molar-refractivity contribution in [2.24, 2.45) is 10.9 Å². The van der Waals surface area contributed by atoms with Crippen LogP contribution in [-0.4, -0.2) is 23.1 Å². The Morgan fingerprint density at radius 2 is 2.15 bits per heavy atom. The van der Waals surface area contributed by atoms with E-state index < -0.39 is 0 Å². The van der Waals surface area contributed by atoms with Gasteiger partial charge in [0.2, 0.25) is 0 Å². The van der Waals surface area contributed by atoms with E-state index in [9.17, 15) is 0 Å². The number of oxime groups is 1. The van der Waals surface area contributed by atoms with E-state index in [0.717, 1.165) is 10.7 Å². The van der Waals surface area contributed by atoms with Gasteiger partial charge in [0.05, 0.1) is 17.8 Å². The van der Waals surface area contributed by atoms with Gasteiger partial charge in [-0.05, 0) is 19.1 Å².